The number of nitrogens with zero attached hydrogens (tertiary/aromatic N) is 1. The highest BCUT2D eigenvalue weighted by molar-refractivity contribution is 7.99. The predicted octanol–water partition coefficient (Wildman–Crippen LogP) is 3.70. The number of carboxylic acids is 2. The van der Waals surface area contributed by atoms with Gasteiger partial charge in [-0.05, 0) is 48.7 Å². The summed E-state index contributed by atoms with van der Waals surface area (Å²) in [6, 6.07) is 7.46. The Morgan fingerprint density at radius 1 is 1.03 bits per heavy atom. The molecule has 0 fully saturated rings. The first kappa shape index (κ1) is 24.5. The number of ketones is 1. The van der Waals surface area contributed by atoms with E-state index in [2.05, 4.69) is 4.98 Å². The summed E-state index contributed by atoms with van der Waals surface area (Å²) in [6.45, 7) is 0.771. The molecule has 0 aliphatic heterocycles. The molecule has 29 heavy (non-hydrogen) atoms. The summed E-state index contributed by atoms with van der Waals surface area (Å²) < 4.78 is 0. The van der Waals surface area contributed by atoms with Crippen molar-refractivity contribution in [3.63, 3.8) is 0 Å². The molecule has 0 saturated heterocycles. The van der Waals surface area contributed by atoms with E-state index in [-0.39, 0.29) is 5.78 Å². The van der Waals surface area contributed by atoms with E-state index in [0.717, 1.165) is 35.0 Å². The van der Waals surface area contributed by atoms with Crippen LogP contribution in [0.3, 0.4) is 0 Å². The molecule has 9 heteroatoms. The quantitative estimate of drug-likeness (QED) is 0.210. The molecule has 2 heterocycles. The van der Waals surface area contributed by atoms with E-state index in [1.807, 2.05) is 29.6 Å². The number of thiophene rings is 1. The van der Waals surface area contributed by atoms with Crippen molar-refractivity contribution in [3.05, 3.63) is 58.4 Å². The van der Waals surface area contributed by atoms with Gasteiger partial charge < -0.3 is 15.9 Å². The maximum atomic E-state index is 12.4. The Balaban J connectivity index is 0.000000447. The molecule has 156 valence electrons. The third-order valence-electron chi connectivity index (χ3n) is 3.47. The number of pyridine rings is 1. The summed E-state index contributed by atoms with van der Waals surface area (Å²) in [5.41, 5.74) is 6.20. The number of carboxylic acid groups (broad SMARTS) is 2. The number of nitrogens with two attached hydrogens (primary N) is 1. The highest BCUT2D eigenvalue weighted by Crippen LogP contribution is 2.25. The Morgan fingerprint density at radius 3 is 2.31 bits per heavy atom. The van der Waals surface area contributed by atoms with Crippen molar-refractivity contribution in [1.29, 1.82) is 0 Å². The Kier molecular flexibility index (Phi) is 12.3. The summed E-state index contributed by atoms with van der Waals surface area (Å²) in [6.07, 6.45) is 7.46. The molecule has 0 bridgehead atoms. The third-order valence-corrected chi connectivity index (χ3v) is 5.43. The molecule has 0 aromatic carbocycles. The monoisotopic (exact) mass is 436 g/mol. The summed E-state index contributed by atoms with van der Waals surface area (Å²) in [7, 11) is 0. The fourth-order valence-electron chi connectivity index (χ4n) is 2.13. The number of hydrogen-bond acceptors (Lipinski definition) is 7. The number of aromatic nitrogens is 1. The van der Waals surface area contributed by atoms with Gasteiger partial charge >= 0.3 is 11.9 Å². The van der Waals surface area contributed by atoms with Crippen LogP contribution < -0.4 is 5.73 Å². The van der Waals surface area contributed by atoms with Crippen LogP contribution in [0.1, 0.15) is 40.9 Å². The number of carbonyl (C=O) groups excluding carboxylic acids is 1. The fraction of sp³-hybridized carbons (Fsp3) is 0.300. The summed E-state index contributed by atoms with van der Waals surface area (Å²) >= 11 is 3.15. The van der Waals surface area contributed by atoms with Crippen LogP contribution in [0.15, 0.2) is 53.0 Å². The maximum absolute atomic E-state index is 12.4. The zero-order chi connectivity index (χ0) is 21.5. The number of thioether (sulfide) groups is 1. The van der Waals surface area contributed by atoms with Gasteiger partial charge in [-0.1, -0.05) is 18.9 Å². The molecule has 2 aromatic rings. The minimum Gasteiger partial charge on any atom is -0.478 e. The molecule has 2 aromatic heterocycles. The van der Waals surface area contributed by atoms with Crippen LogP contribution in [-0.4, -0.2) is 45.2 Å². The van der Waals surface area contributed by atoms with E-state index in [9.17, 15) is 14.4 Å². The van der Waals surface area contributed by atoms with Gasteiger partial charge in [0.25, 0.3) is 0 Å². The van der Waals surface area contributed by atoms with Crippen molar-refractivity contribution < 1.29 is 24.6 Å². The Bertz CT molecular complexity index is 791. The van der Waals surface area contributed by atoms with Gasteiger partial charge in [0.15, 0.2) is 0 Å². The SMILES string of the molecule is NCCCCCCSc1ncccc1C(=O)c1cccs1.O=C(O)/C=C/C(=O)O. The minimum atomic E-state index is -1.26. The molecule has 0 atom stereocenters. The van der Waals surface area contributed by atoms with Crippen molar-refractivity contribution >= 4 is 40.8 Å². The zero-order valence-electron chi connectivity index (χ0n) is 15.8. The van der Waals surface area contributed by atoms with Gasteiger partial charge in [-0.25, -0.2) is 14.6 Å². The summed E-state index contributed by atoms with van der Waals surface area (Å²) in [5.74, 6) is -1.45. The highest BCUT2D eigenvalue weighted by Gasteiger charge is 2.15. The molecule has 0 saturated carbocycles. The second-order valence-electron chi connectivity index (χ2n) is 5.72. The van der Waals surface area contributed by atoms with Gasteiger partial charge in [-0.15, -0.1) is 23.1 Å². The number of unbranched alkanes of at least 4 members (excludes halogenated alkanes) is 3. The lowest BCUT2D eigenvalue weighted by Gasteiger charge is -2.06. The Labute approximate surface area is 177 Å². The topological polar surface area (TPSA) is 131 Å². The molecule has 2 rings (SSSR count). The average Bonchev–Trinajstić information content (AvgIpc) is 3.24. The number of carbonyl (C=O) groups is 3. The van der Waals surface area contributed by atoms with Crippen LogP contribution in [0.4, 0.5) is 0 Å². The van der Waals surface area contributed by atoms with Gasteiger partial charge in [0.1, 0.15) is 5.03 Å². The van der Waals surface area contributed by atoms with E-state index < -0.39 is 11.9 Å². The first-order valence-electron chi connectivity index (χ1n) is 8.95. The van der Waals surface area contributed by atoms with E-state index in [1.165, 1.54) is 24.2 Å². The second kappa shape index (κ2) is 14.5. The third kappa shape index (κ3) is 10.6. The van der Waals surface area contributed by atoms with Gasteiger partial charge in [-0.3, -0.25) is 4.79 Å². The van der Waals surface area contributed by atoms with Crippen LogP contribution in [0, 0.1) is 0 Å². The van der Waals surface area contributed by atoms with Crippen LogP contribution in [0.5, 0.6) is 0 Å². The molecule has 0 aliphatic rings. The predicted molar refractivity (Wildman–Crippen MR) is 115 cm³/mol. The van der Waals surface area contributed by atoms with Crippen molar-refractivity contribution in [1.82, 2.24) is 4.98 Å². The van der Waals surface area contributed by atoms with E-state index >= 15 is 0 Å². The van der Waals surface area contributed by atoms with E-state index in [1.54, 1.807) is 18.0 Å². The fourth-order valence-corrected chi connectivity index (χ4v) is 3.80. The maximum Gasteiger partial charge on any atom is 0.328 e. The lowest BCUT2D eigenvalue weighted by Crippen LogP contribution is -2.02. The molecule has 0 radical (unpaired) electrons. The van der Waals surface area contributed by atoms with Crippen molar-refractivity contribution in [2.45, 2.75) is 30.7 Å². The molecule has 0 aliphatic carbocycles. The van der Waals surface area contributed by atoms with Gasteiger partial charge in [-0.2, -0.15) is 0 Å². The molecule has 0 amide bonds. The lowest BCUT2D eigenvalue weighted by molar-refractivity contribution is -0.134. The minimum absolute atomic E-state index is 0.0729. The number of rotatable bonds is 11. The van der Waals surface area contributed by atoms with Crippen molar-refractivity contribution in [3.8, 4) is 0 Å². The largest absolute Gasteiger partial charge is 0.478 e. The van der Waals surface area contributed by atoms with Crippen LogP contribution in [0.25, 0.3) is 0 Å². The summed E-state index contributed by atoms with van der Waals surface area (Å²) in [5, 5.41) is 18.4. The standard InChI is InChI=1S/C16H20N2OS2.C4H4O4/c17-9-3-1-2-4-11-21-16-13(7-5-10-18-16)15(19)14-8-6-12-20-14;5-3(6)1-2-4(7)8/h5-8,10,12H,1-4,9,11,17H2;1-2H,(H,5,6)(H,7,8)/b;2-1+. The second-order valence-corrected chi connectivity index (χ2v) is 7.76. The van der Waals surface area contributed by atoms with Crippen LogP contribution in [0.2, 0.25) is 0 Å². The average molecular weight is 437 g/mol. The molecule has 4 N–H and O–H groups in total. The normalized spacial score (nSPS) is 10.4. The van der Waals surface area contributed by atoms with Crippen LogP contribution in [-0.2, 0) is 9.59 Å². The first-order chi connectivity index (χ1) is 14.0. The molecule has 0 unspecified atom stereocenters. The van der Waals surface area contributed by atoms with Crippen molar-refractivity contribution in [2.24, 2.45) is 5.73 Å². The van der Waals surface area contributed by atoms with Gasteiger partial charge in [0.05, 0.1) is 10.4 Å². The van der Waals surface area contributed by atoms with Gasteiger partial charge in [0, 0.05) is 18.3 Å². The number of aliphatic carboxylic acids is 2. The summed E-state index contributed by atoms with van der Waals surface area (Å²) in [4.78, 5) is 36.7. The first-order valence-corrected chi connectivity index (χ1v) is 10.8. The lowest BCUT2D eigenvalue weighted by atomic mass is 10.1. The number of hydrogen-bond donors (Lipinski definition) is 3. The molecular weight excluding hydrogens is 412 g/mol. The van der Waals surface area contributed by atoms with Crippen LogP contribution >= 0.6 is 23.1 Å². The molecule has 7 nitrogen and oxygen atoms in total. The van der Waals surface area contributed by atoms with E-state index in [0.29, 0.717) is 17.7 Å². The van der Waals surface area contributed by atoms with Gasteiger partial charge in [0.2, 0.25) is 5.78 Å². The molecular formula is C20H24N2O5S2. The van der Waals surface area contributed by atoms with E-state index in [4.69, 9.17) is 15.9 Å². The van der Waals surface area contributed by atoms with Crippen molar-refractivity contribution in [2.75, 3.05) is 12.3 Å². The Morgan fingerprint density at radius 2 is 1.72 bits per heavy atom. The zero-order valence-corrected chi connectivity index (χ0v) is 17.5. The highest BCUT2D eigenvalue weighted by atomic mass is 32.2. The molecule has 0 spiro atoms. The Hall–Kier alpha value is -2.49. The smallest absolute Gasteiger partial charge is 0.328 e.